The van der Waals surface area contributed by atoms with Crippen LogP contribution in [0.1, 0.15) is 26.7 Å². The summed E-state index contributed by atoms with van der Waals surface area (Å²) in [4.78, 5) is 26.7. The van der Waals surface area contributed by atoms with Gasteiger partial charge in [-0.2, -0.15) is 0 Å². The van der Waals surface area contributed by atoms with E-state index in [0.29, 0.717) is 32.2 Å². The Morgan fingerprint density at radius 3 is 2.67 bits per heavy atom. The molecule has 0 bridgehead atoms. The van der Waals surface area contributed by atoms with Crippen molar-refractivity contribution in [2.45, 2.75) is 38.8 Å². The predicted octanol–water partition coefficient (Wildman–Crippen LogP) is 1.02. The Kier molecular flexibility index (Phi) is 3.93. The maximum absolute atomic E-state index is 11.7. The van der Waals surface area contributed by atoms with Gasteiger partial charge in [-0.15, -0.1) is 0 Å². The van der Waals surface area contributed by atoms with E-state index in [1.807, 2.05) is 13.8 Å². The van der Waals surface area contributed by atoms with E-state index in [4.69, 9.17) is 4.74 Å². The van der Waals surface area contributed by atoms with Gasteiger partial charge in [0.25, 0.3) is 0 Å². The number of hydrogen-bond donors (Lipinski definition) is 1. The smallest absolute Gasteiger partial charge is 0.410 e. The number of nitrogens with zero attached hydrogens (tertiary/aromatic N) is 2. The average molecular weight is 255 g/mol. The Bertz CT molecular complexity index is 327. The fraction of sp³-hybridized carbons (Fsp3) is 0.833. The zero-order chi connectivity index (χ0) is 13.1. The third-order valence-electron chi connectivity index (χ3n) is 3.42. The second kappa shape index (κ2) is 5.46. The van der Waals surface area contributed by atoms with Crippen LogP contribution in [0.15, 0.2) is 0 Å². The van der Waals surface area contributed by atoms with Crippen molar-refractivity contribution in [3.63, 3.8) is 0 Å². The third-order valence-corrected chi connectivity index (χ3v) is 3.42. The molecule has 1 aliphatic heterocycles. The molecule has 2 rings (SSSR count). The molecule has 1 heterocycles. The van der Waals surface area contributed by atoms with E-state index >= 15 is 0 Å². The molecule has 1 saturated heterocycles. The van der Waals surface area contributed by atoms with E-state index in [2.05, 4.69) is 5.32 Å². The molecular formula is C12H21N3O3. The number of hydrogen-bond acceptors (Lipinski definition) is 3. The highest BCUT2D eigenvalue weighted by Gasteiger charge is 2.40. The first-order chi connectivity index (χ1) is 8.65. The number of carbonyl (C=O) groups excluding carboxylic acids is 2. The van der Waals surface area contributed by atoms with Gasteiger partial charge in [0.2, 0.25) is 0 Å². The first-order valence-corrected chi connectivity index (χ1v) is 6.65. The molecule has 1 unspecified atom stereocenters. The summed E-state index contributed by atoms with van der Waals surface area (Å²) in [5, 5.41) is 2.81. The number of amides is 3. The molecule has 0 radical (unpaired) electrons. The Morgan fingerprint density at radius 2 is 2.11 bits per heavy atom. The maximum Gasteiger partial charge on any atom is 0.410 e. The zero-order valence-corrected chi connectivity index (χ0v) is 11.0. The predicted molar refractivity (Wildman–Crippen MR) is 66.3 cm³/mol. The molecule has 2 fully saturated rings. The minimum Gasteiger partial charge on any atom is -0.442 e. The topological polar surface area (TPSA) is 61.9 Å². The van der Waals surface area contributed by atoms with Crippen molar-refractivity contribution < 1.29 is 14.3 Å². The van der Waals surface area contributed by atoms with Crippen LogP contribution in [0.5, 0.6) is 0 Å². The van der Waals surface area contributed by atoms with E-state index in [9.17, 15) is 9.59 Å². The van der Waals surface area contributed by atoms with Crippen LogP contribution in [0.2, 0.25) is 0 Å². The van der Waals surface area contributed by atoms with Crippen molar-refractivity contribution >= 4 is 12.1 Å². The maximum atomic E-state index is 11.7. The van der Waals surface area contributed by atoms with Gasteiger partial charge < -0.3 is 19.9 Å². The van der Waals surface area contributed by atoms with Gasteiger partial charge in [0.15, 0.2) is 0 Å². The lowest BCUT2D eigenvalue weighted by atomic mass is 10.3. The van der Waals surface area contributed by atoms with Crippen molar-refractivity contribution in [3.8, 4) is 0 Å². The summed E-state index contributed by atoms with van der Waals surface area (Å²) in [7, 11) is 0. The fourth-order valence-corrected chi connectivity index (χ4v) is 2.16. The lowest BCUT2D eigenvalue weighted by Crippen LogP contribution is -2.43. The van der Waals surface area contributed by atoms with Crippen LogP contribution >= 0.6 is 0 Å². The second-order valence-electron chi connectivity index (χ2n) is 4.75. The van der Waals surface area contributed by atoms with Gasteiger partial charge in [0, 0.05) is 19.1 Å². The van der Waals surface area contributed by atoms with Crippen LogP contribution in [0.25, 0.3) is 0 Å². The van der Waals surface area contributed by atoms with Crippen LogP contribution in [-0.2, 0) is 4.74 Å². The van der Waals surface area contributed by atoms with E-state index in [1.165, 1.54) is 0 Å². The molecule has 18 heavy (non-hydrogen) atoms. The highest BCUT2D eigenvalue weighted by molar-refractivity contribution is 5.74. The first kappa shape index (κ1) is 13.0. The number of rotatable bonds is 5. The van der Waals surface area contributed by atoms with Crippen LogP contribution in [0, 0.1) is 0 Å². The molecule has 6 heteroatoms. The molecule has 0 aromatic carbocycles. The molecule has 0 spiro atoms. The van der Waals surface area contributed by atoms with Gasteiger partial charge in [0.05, 0.1) is 13.1 Å². The van der Waals surface area contributed by atoms with Crippen LogP contribution in [0.3, 0.4) is 0 Å². The van der Waals surface area contributed by atoms with Crippen molar-refractivity contribution in [1.82, 2.24) is 15.1 Å². The minimum atomic E-state index is -0.236. The van der Waals surface area contributed by atoms with Gasteiger partial charge in [0.1, 0.15) is 6.10 Å². The average Bonchev–Trinajstić information content (AvgIpc) is 3.12. The summed E-state index contributed by atoms with van der Waals surface area (Å²) in [5.74, 6) is 0. The molecule has 102 valence electrons. The summed E-state index contributed by atoms with van der Waals surface area (Å²) < 4.78 is 5.23. The van der Waals surface area contributed by atoms with Crippen LogP contribution in [0.4, 0.5) is 9.59 Å². The highest BCUT2D eigenvalue weighted by atomic mass is 16.6. The highest BCUT2D eigenvalue weighted by Crippen LogP contribution is 2.30. The second-order valence-corrected chi connectivity index (χ2v) is 4.75. The SMILES string of the molecule is CCN(CC)C(=O)NCC1CN(C2CC2)C(=O)O1. The largest absolute Gasteiger partial charge is 0.442 e. The van der Waals surface area contributed by atoms with Gasteiger partial charge >= 0.3 is 12.1 Å². The summed E-state index contributed by atoms with van der Waals surface area (Å²) in [6, 6.07) is 0.280. The van der Waals surface area contributed by atoms with Gasteiger partial charge in [-0.1, -0.05) is 0 Å². The Morgan fingerprint density at radius 1 is 1.44 bits per heavy atom. The Balaban J connectivity index is 1.74. The monoisotopic (exact) mass is 255 g/mol. The first-order valence-electron chi connectivity index (χ1n) is 6.65. The molecule has 1 saturated carbocycles. The molecule has 0 aromatic heterocycles. The number of urea groups is 1. The number of nitrogens with one attached hydrogen (secondary N) is 1. The van der Waals surface area contributed by atoms with Crippen LogP contribution < -0.4 is 5.32 Å². The molecule has 3 amide bonds. The summed E-state index contributed by atoms with van der Waals surface area (Å²) in [6.45, 7) is 6.23. The zero-order valence-electron chi connectivity index (χ0n) is 11.0. The summed E-state index contributed by atoms with van der Waals surface area (Å²) >= 11 is 0. The van der Waals surface area contributed by atoms with Gasteiger partial charge in [-0.05, 0) is 26.7 Å². The molecule has 6 nitrogen and oxygen atoms in total. The lowest BCUT2D eigenvalue weighted by molar-refractivity contribution is 0.129. The Labute approximate surface area is 107 Å². The van der Waals surface area contributed by atoms with Crippen molar-refractivity contribution in [3.05, 3.63) is 0 Å². The minimum absolute atomic E-state index is 0.0964. The molecular weight excluding hydrogens is 234 g/mol. The standard InChI is InChI=1S/C12H21N3O3/c1-3-14(4-2)11(16)13-7-10-8-15(9-5-6-9)12(17)18-10/h9-10H,3-8H2,1-2H3,(H,13,16). The van der Waals surface area contributed by atoms with Crippen molar-refractivity contribution in [1.29, 1.82) is 0 Å². The van der Waals surface area contributed by atoms with Crippen LogP contribution in [-0.4, -0.2) is 60.2 Å². The normalized spacial score (nSPS) is 22.9. The molecule has 2 aliphatic rings. The van der Waals surface area contributed by atoms with Gasteiger partial charge in [-0.3, -0.25) is 0 Å². The van der Waals surface area contributed by atoms with Crippen molar-refractivity contribution in [2.24, 2.45) is 0 Å². The quantitative estimate of drug-likeness (QED) is 0.798. The van der Waals surface area contributed by atoms with E-state index < -0.39 is 0 Å². The number of ether oxygens (including phenoxy) is 1. The van der Waals surface area contributed by atoms with E-state index in [-0.39, 0.29) is 18.2 Å². The van der Waals surface area contributed by atoms with Gasteiger partial charge in [-0.25, -0.2) is 9.59 Å². The number of carbonyl (C=O) groups is 2. The van der Waals surface area contributed by atoms with Crippen molar-refractivity contribution in [2.75, 3.05) is 26.2 Å². The third kappa shape index (κ3) is 2.86. The summed E-state index contributed by atoms with van der Waals surface area (Å²) in [6.07, 6.45) is 1.71. The van der Waals surface area contributed by atoms with E-state index in [1.54, 1.807) is 9.80 Å². The molecule has 1 aliphatic carbocycles. The Hall–Kier alpha value is -1.46. The molecule has 1 N–H and O–H groups in total. The lowest BCUT2D eigenvalue weighted by Gasteiger charge is -2.20. The summed E-state index contributed by atoms with van der Waals surface area (Å²) in [5.41, 5.74) is 0. The molecule has 0 aromatic rings. The number of cyclic esters (lactones) is 1. The molecule has 1 atom stereocenters. The van der Waals surface area contributed by atoms with E-state index in [0.717, 1.165) is 12.8 Å². The fourth-order valence-electron chi connectivity index (χ4n) is 2.16.